The first-order valence-electron chi connectivity index (χ1n) is 9.04. The number of aliphatic imine (C=N–C) groups is 1. The van der Waals surface area contributed by atoms with Crippen molar-refractivity contribution in [3.63, 3.8) is 0 Å². The second-order valence-electron chi connectivity index (χ2n) is 7.74. The molecule has 0 saturated carbocycles. The van der Waals surface area contributed by atoms with E-state index in [1.807, 2.05) is 6.07 Å². The Kier molecular flexibility index (Phi) is 6.69. The molecular weight excluding hydrogens is 348 g/mol. The number of rotatable bonds is 5. The Labute approximate surface area is 158 Å². The fourth-order valence-electron chi connectivity index (χ4n) is 3.19. The maximum Gasteiger partial charge on any atom is 0.193 e. The van der Waals surface area contributed by atoms with Crippen molar-refractivity contribution in [2.75, 3.05) is 46.5 Å². The van der Waals surface area contributed by atoms with Crippen molar-refractivity contribution < 1.29 is 8.42 Å². The van der Waals surface area contributed by atoms with Crippen LogP contribution in [0.3, 0.4) is 0 Å². The summed E-state index contributed by atoms with van der Waals surface area (Å²) in [5, 5.41) is 3.45. The normalized spacial score (nSPS) is 20.8. The topological polar surface area (TPSA) is 65.0 Å². The van der Waals surface area contributed by atoms with Crippen LogP contribution >= 0.6 is 0 Å². The molecule has 146 valence electrons. The first-order chi connectivity index (χ1) is 12.2. The number of hydrogen-bond acceptors (Lipinski definition) is 4. The summed E-state index contributed by atoms with van der Waals surface area (Å²) in [4.78, 5) is 8.64. The monoisotopic (exact) mass is 380 g/mol. The lowest BCUT2D eigenvalue weighted by atomic mass is 10.1. The van der Waals surface area contributed by atoms with Gasteiger partial charge in [0.25, 0.3) is 0 Å². The predicted octanol–water partition coefficient (Wildman–Crippen LogP) is 1.24. The molecule has 1 N–H and O–H groups in total. The molecule has 2 rings (SSSR count). The summed E-state index contributed by atoms with van der Waals surface area (Å²) in [7, 11) is 2.85. The van der Waals surface area contributed by atoms with Gasteiger partial charge in [0.05, 0.1) is 10.5 Å². The Morgan fingerprint density at radius 3 is 2.50 bits per heavy atom. The lowest BCUT2D eigenvalue weighted by Gasteiger charge is -2.39. The molecule has 0 bridgehead atoms. The molecule has 1 unspecified atom stereocenters. The van der Waals surface area contributed by atoms with Crippen LogP contribution in [0.15, 0.2) is 35.3 Å². The lowest BCUT2D eigenvalue weighted by molar-refractivity contribution is 0.284. The average molecular weight is 381 g/mol. The van der Waals surface area contributed by atoms with Gasteiger partial charge in [-0.25, -0.2) is 8.42 Å². The number of nitrogens with one attached hydrogen (secondary N) is 1. The van der Waals surface area contributed by atoms with Crippen LogP contribution in [-0.2, 0) is 16.3 Å². The van der Waals surface area contributed by atoms with Crippen molar-refractivity contribution in [1.29, 1.82) is 0 Å². The summed E-state index contributed by atoms with van der Waals surface area (Å²) < 4.78 is 23.7. The third-order valence-corrected chi connectivity index (χ3v) is 7.63. The highest BCUT2D eigenvalue weighted by molar-refractivity contribution is 7.92. The molecule has 0 aliphatic carbocycles. The van der Waals surface area contributed by atoms with Gasteiger partial charge < -0.3 is 15.1 Å². The Morgan fingerprint density at radius 1 is 1.31 bits per heavy atom. The van der Waals surface area contributed by atoms with Crippen molar-refractivity contribution >= 4 is 15.8 Å². The maximum absolute atomic E-state index is 12.2. The summed E-state index contributed by atoms with van der Waals surface area (Å²) in [6, 6.07) is 10.7. The molecule has 0 spiro atoms. The van der Waals surface area contributed by atoms with Gasteiger partial charge in [0.1, 0.15) is 0 Å². The molecule has 26 heavy (non-hydrogen) atoms. The minimum Gasteiger partial charge on any atom is -0.355 e. The lowest BCUT2D eigenvalue weighted by Crippen LogP contribution is -2.58. The van der Waals surface area contributed by atoms with Crippen LogP contribution in [-0.4, -0.2) is 81.5 Å². The summed E-state index contributed by atoms with van der Waals surface area (Å²) in [6.45, 7) is 5.27. The second kappa shape index (κ2) is 8.39. The standard InChI is InChI=1S/C19H32N4O2S/c1-19(2)15-23(11-12-26(19,24)25)18(20-3)21-14-17(22(4)5)13-16-9-7-6-8-10-16/h6-10,17H,11-15H2,1-5H3,(H,20,21). The number of benzene rings is 1. The van der Waals surface area contributed by atoms with E-state index in [0.29, 0.717) is 19.1 Å². The van der Waals surface area contributed by atoms with E-state index in [9.17, 15) is 8.42 Å². The highest BCUT2D eigenvalue weighted by Gasteiger charge is 2.41. The summed E-state index contributed by atoms with van der Waals surface area (Å²) in [6.07, 6.45) is 0.942. The molecule has 1 aliphatic rings. The Morgan fingerprint density at radius 2 is 1.96 bits per heavy atom. The molecule has 7 heteroatoms. The Bertz CT molecular complexity index is 714. The number of hydrogen-bond donors (Lipinski definition) is 1. The molecule has 1 aromatic rings. The number of likely N-dealkylation sites (N-methyl/N-ethyl adjacent to an activating group) is 1. The van der Waals surface area contributed by atoms with Gasteiger partial charge in [-0.2, -0.15) is 0 Å². The molecule has 0 radical (unpaired) electrons. The van der Waals surface area contributed by atoms with Gasteiger partial charge in [0, 0.05) is 32.7 Å². The van der Waals surface area contributed by atoms with E-state index in [4.69, 9.17) is 0 Å². The molecule has 0 aromatic heterocycles. The van der Waals surface area contributed by atoms with Crippen molar-refractivity contribution in [1.82, 2.24) is 15.1 Å². The van der Waals surface area contributed by atoms with Gasteiger partial charge >= 0.3 is 0 Å². The molecule has 0 amide bonds. The number of guanidine groups is 1. The van der Waals surface area contributed by atoms with Crippen LogP contribution in [0.2, 0.25) is 0 Å². The van der Waals surface area contributed by atoms with Crippen molar-refractivity contribution in [2.24, 2.45) is 4.99 Å². The average Bonchev–Trinajstić information content (AvgIpc) is 2.58. The van der Waals surface area contributed by atoms with E-state index in [1.165, 1.54) is 5.56 Å². The van der Waals surface area contributed by atoms with Crippen LogP contribution in [0.5, 0.6) is 0 Å². The van der Waals surface area contributed by atoms with Crippen molar-refractivity contribution in [3.8, 4) is 0 Å². The van der Waals surface area contributed by atoms with E-state index in [0.717, 1.165) is 18.9 Å². The van der Waals surface area contributed by atoms with Gasteiger partial charge in [0.2, 0.25) is 0 Å². The van der Waals surface area contributed by atoms with Crippen LogP contribution < -0.4 is 5.32 Å². The summed E-state index contributed by atoms with van der Waals surface area (Å²) >= 11 is 0. The molecule has 1 aliphatic heterocycles. The van der Waals surface area contributed by atoms with Gasteiger partial charge in [-0.15, -0.1) is 0 Å². The fourth-order valence-corrected chi connectivity index (χ4v) is 4.56. The molecule has 1 heterocycles. The quantitative estimate of drug-likeness (QED) is 0.615. The molecule has 6 nitrogen and oxygen atoms in total. The van der Waals surface area contributed by atoms with Crippen molar-refractivity contribution in [2.45, 2.75) is 31.1 Å². The Hall–Kier alpha value is -1.60. The molecule has 1 saturated heterocycles. The zero-order valence-corrected chi connectivity index (χ0v) is 17.4. The van der Waals surface area contributed by atoms with E-state index in [-0.39, 0.29) is 5.75 Å². The van der Waals surface area contributed by atoms with Gasteiger partial charge in [-0.3, -0.25) is 4.99 Å². The van der Waals surface area contributed by atoms with Crippen molar-refractivity contribution in [3.05, 3.63) is 35.9 Å². The van der Waals surface area contributed by atoms with Gasteiger partial charge in [-0.05, 0) is 39.9 Å². The summed E-state index contributed by atoms with van der Waals surface area (Å²) in [5.41, 5.74) is 1.30. The van der Waals surface area contributed by atoms with E-state index in [1.54, 1.807) is 20.9 Å². The first-order valence-corrected chi connectivity index (χ1v) is 10.7. The van der Waals surface area contributed by atoms with E-state index >= 15 is 0 Å². The molecular formula is C19H32N4O2S. The van der Waals surface area contributed by atoms with Crippen LogP contribution in [0.4, 0.5) is 0 Å². The Balaban J connectivity index is 2.01. The smallest absolute Gasteiger partial charge is 0.193 e. The fraction of sp³-hybridized carbons (Fsp3) is 0.632. The third kappa shape index (κ3) is 4.98. The minimum atomic E-state index is -3.05. The second-order valence-corrected chi connectivity index (χ2v) is 10.5. The largest absolute Gasteiger partial charge is 0.355 e. The highest BCUT2D eigenvalue weighted by atomic mass is 32.2. The van der Waals surface area contributed by atoms with E-state index in [2.05, 4.69) is 58.5 Å². The number of sulfone groups is 1. The molecule has 1 fully saturated rings. The van der Waals surface area contributed by atoms with Gasteiger partial charge in [0.15, 0.2) is 15.8 Å². The highest BCUT2D eigenvalue weighted by Crippen LogP contribution is 2.23. The maximum atomic E-state index is 12.2. The third-order valence-electron chi connectivity index (χ3n) is 5.10. The van der Waals surface area contributed by atoms with Crippen LogP contribution in [0.25, 0.3) is 0 Å². The van der Waals surface area contributed by atoms with Crippen LogP contribution in [0, 0.1) is 0 Å². The van der Waals surface area contributed by atoms with E-state index < -0.39 is 14.6 Å². The zero-order chi connectivity index (χ0) is 19.4. The van der Waals surface area contributed by atoms with Crippen LogP contribution in [0.1, 0.15) is 19.4 Å². The number of nitrogens with zero attached hydrogens (tertiary/aromatic N) is 3. The SMILES string of the molecule is CN=C(NCC(Cc1ccccc1)N(C)C)N1CCS(=O)(=O)C(C)(C)C1. The molecule has 1 atom stereocenters. The summed E-state index contributed by atoms with van der Waals surface area (Å²) in [5.74, 6) is 0.940. The first kappa shape index (κ1) is 20.7. The van der Waals surface area contributed by atoms with Gasteiger partial charge in [-0.1, -0.05) is 30.3 Å². The molecule has 1 aromatic carbocycles. The zero-order valence-electron chi connectivity index (χ0n) is 16.6. The minimum absolute atomic E-state index is 0.168. The predicted molar refractivity (Wildman–Crippen MR) is 108 cm³/mol.